The molecule has 74 valence electrons. The van der Waals surface area contributed by atoms with E-state index in [1.165, 1.54) is 12.1 Å². The van der Waals surface area contributed by atoms with E-state index in [0.29, 0.717) is 5.04 Å². The first-order chi connectivity index (χ1) is 5.31. The van der Waals surface area contributed by atoms with Crippen molar-refractivity contribution in [2.45, 2.75) is 51.0 Å². The summed E-state index contributed by atoms with van der Waals surface area (Å²) < 4.78 is 5.35. The predicted molar refractivity (Wildman–Crippen MR) is 66.4 cm³/mol. The third kappa shape index (κ3) is 4.02. The molecule has 0 aliphatic carbocycles. The monoisotopic (exact) mass is 220 g/mol. The lowest BCUT2D eigenvalue weighted by atomic mass is 10.2. The third-order valence-electron chi connectivity index (χ3n) is 3.18. The highest BCUT2D eigenvalue weighted by molar-refractivity contribution is 6.80. The molecule has 0 aromatic rings. The van der Waals surface area contributed by atoms with E-state index in [2.05, 4.69) is 33.9 Å². The van der Waals surface area contributed by atoms with Crippen LogP contribution >= 0.6 is 0 Å². The van der Waals surface area contributed by atoms with Crippen molar-refractivity contribution in [2.24, 2.45) is 0 Å². The van der Waals surface area contributed by atoms with Gasteiger partial charge in [0.05, 0.1) is 8.07 Å². The van der Waals surface area contributed by atoms with Gasteiger partial charge in [-0.2, -0.15) is 0 Å². The highest BCUT2D eigenvalue weighted by Gasteiger charge is 2.33. The largest absolute Gasteiger partial charge is 0.468 e. The second-order valence-electron chi connectivity index (χ2n) is 5.23. The molecule has 4 heteroatoms. The van der Waals surface area contributed by atoms with Gasteiger partial charge in [0.2, 0.25) is 0 Å². The van der Waals surface area contributed by atoms with Crippen LogP contribution in [0.3, 0.4) is 0 Å². The normalized spacial score (nSPS) is 14.8. The summed E-state index contributed by atoms with van der Waals surface area (Å²) in [6, 6.07) is 2.87. The summed E-state index contributed by atoms with van der Waals surface area (Å²) in [5.74, 6) is 0. The van der Waals surface area contributed by atoms with Crippen LogP contribution in [0.4, 0.5) is 0 Å². The summed E-state index contributed by atoms with van der Waals surface area (Å²) in [4.78, 5) is 0. The Hall–Kier alpha value is 0.611. The van der Waals surface area contributed by atoms with Crippen LogP contribution in [0.25, 0.3) is 0 Å². The Morgan fingerprint density at radius 1 is 1.33 bits per heavy atom. The Kier molecular flexibility index (Phi) is 4.98. The lowest BCUT2D eigenvalue weighted by Crippen LogP contribution is -2.36. The Labute approximate surface area is 83.8 Å². The molecule has 0 N–H and O–H groups in total. The highest BCUT2D eigenvalue weighted by atomic mass is 28.3. The van der Waals surface area contributed by atoms with Crippen molar-refractivity contribution in [3.63, 3.8) is 0 Å². The molecule has 0 radical (unpaired) electrons. The quantitative estimate of drug-likeness (QED) is 0.513. The fourth-order valence-corrected chi connectivity index (χ4v) is 7.05. The van der Waals surface area contributed by atoms with Crippen LogP contribution < -0.4 is 0 Å². The van der Waals surface area contributed by atoms with Gasteiger partial charge in [0.1, 0.15) is 20.2 Å². The maximum Gasteiger partial charge on any atom is 0.145 e. The summed E-state index contributed by atoms with van der Waals surface area (Å²) >= 11 is 0. The summed E-state index contributed by atoms with van der Waals surface area (Å²) in [7, 11) is -0.135. The molecule has 0 spiro atoms. The van der Waals surface area contributed by atoms with Crippen LogP contribution in [-0.4, -0.2) is 28.3 Å². The number of rotatable bonds is 4. The van der Waals surface area contributed by atoms with Crippen LogP contribution in [0.15, 0.2) is 0 Å². The zero-order valence-corrected chi connectivity index (χ0v) is 13.9. The SMILES string of the molecule is CC(C)(C)[Si](C)(C)CC[SiH2]O[SiH3]. The van der Waals surface area contributed by atoms with Gasteiger partial charge in [0.15, 0.2) is 0 Å². The zero-order valence-electron chi connectivity index (χ0n) is 9.53. The Bertz CT molecular complexity index is 129. The molecular formula is C8H24OSi3. The molecule has 0 saturated carbocycles. The highest BCUT2D eigenvalue weighted by Crippen LogP contribution is 2.39. The molecule has 0 aliphatic rings. The van der Waals surface area contributed by atoms with Crippen LogP contribution in [-0.2, 0) is 4.12 Å². The molecule has 0 atom stereocenters. The third-order valence-corrected chi connectivity index (χ3v) is 11.8. The molecule has 0 aromatic carbocycles. The second kappa shape index (κ2) is 4.74. The minimum atomic E-state index is -0.972. The topological polar surface area (TPSA) is 9.23 Å². The first-order valence-electron chi connectivity index (χ1n) is 4.80. The van der Waals surface area contributed by atoms with E-state index in [9.17, 15) is 0 Å². The van der Waals surface area contributed by atoms with E-state index in [-0.39, 0.29) is 9.76 Å². The van der Waals surface area contributed by atoms with Gasteiger partial charge in [0, 0.05) is 0 Å². The van der Waals surface area contributed by atoms with Gasteiger partial charge in [-0.3, -0.25) is 0 Å². The van der Waals surface area contributed by atoms with Crippen LogP contribution in [0.5, 0.6) is 0 Å². The average Bonchev–Trinajstić information content (AvgIpc) is 1.85. The Morgan fingerprint density at radius 3 is 2.17 bits per heavy atom. The van der Waals surface area contributed by atoms with E-state index in [1.54, 1.807) is 0 Å². The van der Waals surface area contributed by atoms with Crippen molar-refractivity contribution in [3.05, 3.63) is 0 Å². The minimum Gasteiger partial charge on any atom is -0.468 e. The lowest BCUT2D eigenvalue weighted by molar-refractivity contribution is 0.659. The standard InChI is InChI=1S/C8H24OSi3/c1-8(2,3)12(4,5)7-6-11-9-10/h6-7,11H2,1-5,10H3. The summed E-state index contributed by atoms with van der Waals surface area (Å²) in [6.45, 7) is 12.2. The molecule has 1 nitrogen and oxygen atoms in total. The smallest absolute Gasteiger partial charge is 0.145 e. The lowest BCUT2D eigenvalue weighted by Gasteiger charge is -2.37. The van der Waals surface area contributed by atoms with E-state index in [0.717, 1.165) is 10.5 Å². The summed E-state index contributed by atoms with van der Waals surface area (Å²) in [5.41, 5.74) is 0. The van der Waals surface area contributed by atoms with Gasteiger partial charge in [-0.15, -0.1) is 0 Å². The summed E-state index contributed by atoms with van der Waals surface area (Å²) in [6.07, 6.45) is 0. The van der Waals surface area contributed by atoms with Gasteiger partial charge in [-0.05, 0) is 11.1 Å². The van der Waals surface area contributed by atoms with Crippen molar-refractivity contribution in [3.8, 4) is 0 Å². The van der Waals surface area contributed by atoms with Gasteiger partial charge in [-0.25, -0.2) is 0 Å². The van der Waals surface area contributed by atoms with Crippen LogP contribution in [0, 0.1) is 0 Å². The minimum absolute atomic E-state index is 0.120. The van der Waals surface area contributed by atoms with Crippen LogP contribution in [0.1, 0.15) is 20.8 Å². The molecule has 0 saturated heterocycles. The van der Waals surface area contributed by atoms with E-state index in [1.807, 2.05) is 0 Å². The molecule has 0 heterocycles. The number of hydrogen-bond donors (Lipinski definition) is 0. The molecule has 0 fully saturated rings. The molecule has 0 amide bonds. The van der Waals surface area contributed by atoms with Gasteiger partial charge < -0.3 is 4.12 Å². The fourth-order valence-electron chi connectivity index (χ4n) is 1.03. The molecular weight excluding hydrogens is 196 g/mol. The first kappa shape index (κ1) is 12.6. The Morgan fingerprint density at radius 2 is 1.83 bits per heavy atom. The maximum atomic E-state index is 5.35. The molecule has 0 aromatic heterocycles. The Balaban J connectivity index is 3.88. The molecule has 12 heavy (non-hydrogen) atoms. The van der Waals surface area contributed by atoms with Crippen molar-refractivity contribution in [2.75, 3.05) is 0 Å². The van der Waals surface area contributed by atoms with Gasteiger partial charge in [-0.1, -0.05) is 39.9 Å². The second-order valence-corrected chi connectivity index (χ2v) is 14.4. The maximum absolute atomic E-state index is 5.35. The molecule has 0 unspecified atom stereocenters. The van der Waals surface area contributed by atoms with Crippen molar-refractivity contribution in [1.29, 1.82) is 0 Å². The van der Waals surface area contributed by atoms with Crippen molar-refractivity contribution < 1.29 is 4.12 Å². The van der Waals surface area contributed by atoms with E-state index in [4.69, 9.17) is 4.12 Å². The van der Waals surface area contributed by atoms with Crippen LogP contribution in [0.2, 0.25) is 30.2 Å². The average molecular weight is 221 g/mol. The zero-order chi connectivity index (χ0) is 9.83. The van der Waals surface area contributed by atoms with Gasteiger partial charge >= 0.3 is 0 Å². The van der Waals surface area contributed by atoms with Gasteiger partial charge in [0.25, 0.3) is 0 Å². The molecule has 0 aliphatic heterocycles. The molecule has 0 rings (SSSR count). The van der Waals surface area contributed by atoms with E-state index >= 15 is 0 Å². The van der Waals surface area contributed by atoms with E-state index < -0.39 is 8.07 Å². The number of hydrogen-bond acceptors (Lipinski definition) is 1. The predicted octanol–water partition coefficient (Wildman–Crippen LogP) is 1.29. The van der Waals surface area contributed by atoms with Crippen molar-refractivity contribution >= 4 is 28.3 Å². The first-order valence-corrected chi connectivity index (χ1v) is 10.4. The fraction of sp³-hybridized carbons (Fsp3) is 1.00. The van der Waals surface area contributed by atoms with Crippen molar-refractivity contribution in [1.82, 2.24) is 0 Å². The summed E-state index contributed by atoms with van der Waals surface area (Å²) in [5, 5.41) is 0.562. The molecule has 0 bridgehead atoms.